The predicted molar refractivity (Wildman–Crippen MR) is 98.1 cm³/mol. The third-order valence-corrected chi connectivity index (χ3v) is 4.16. The zero-order valence-corrected chi connectivity index (χ0v) is 15.2. The maximum Gasteiger partial charge on any atom is 0.298 e. The van der Waals surface area contributed by atoms with E-state index in [1.165, 1.54) is 17.7 Å². The van der Waals surface area contributed by atoms with E-state index < -0.39 is 10.2 Å². The van der Waals surface area contributed by atoms with E-state index in [0.717, 1.165) is 11.6 Å². The molecule has 3 aromatic rings. The number of methoxy groups -OCH3 is 1. The summed E-state index contributed by atoms with van der Waals surface area (Å²) >= 11 is 0. The standard InChI is InChI=1S/C16H17N5O5S/c1-9-4-3-5-10(6-9)21-15(18-19-16(21)20-27(17,24)25)11-7-14(26-2)13(23)8-12(11)22/h3-8,22-23H,1-2H3,(H,19,20)(H2,17,24,25). The second-order valence-electron chi connectivity index (χ2n) is 5.71. The molecule has 0 spiro atoms. The van der Waals surface area contributed by atoms with E-state index in [4.69, 9.17) is 9.88 Å². The van der Waals surface area contributed by atoms with Crippen LogP contribution in [0.1, 0.15) is 5.56 Å². The molecule has 0 aliphatic heterocycles. The maximum absolute atomic E-state index is 11.5. The Kier molecular flexibility index (Phi) is 4.64. The summed E-state index contributed by atoms with van der Waals surface area (Å²) in [4.78, 5) is 0. The first kappa shape index (κ1) is 18.5. The van der Waals surface area contributed by atoms with E-state index in [-0.39, 0.29) is 34.6 Å². The van der Waals surface area contributed by atoms with Crippen molar-refractivity contribution in [3.8, 4) is 34.3 Å². The number of ether oxygens (including phenoxy) is 1. The number of phenols is 2. The first-order chi connectivity index (χ1) is 12.7. The number of hydrogen-bond donors (Lipinski definition) is 4. The lowest BCUT2D eigenvalue weighted by molar-refractivity contribution is 0.370. The fraction of sp³-hybridized carbons (Fsp3) is 0.125. The van der Waals surface area contributed by atoms with Crippen LogP contribution in [0.3, 0.4) is 0 Å². The van der Waals surface area contributed by atoms with Gasteiger partial charge < -0.3 is 14.9 Å². The van der Waals surface area contributed by atoms with Gasteiger partial charge in [-0.05, 0) is 30.7 Å². The molecular formula is C16H17N5O5S. The summed E-state index contributed by atoms with van der Waals surface area (Å²) in [5.41, 5.74) is 1.61. The van der Waals surface area contributed by atoms with E-state index in [2.05, 4.69) is 14.9 Å². The Morgan fingerprint density at radius 1 is 1.15 bits per heavy atom. The first-order valence-electron chi connectivity index (χ1n) is 7.63. The van der Waals surface area contributed by atoms with Crippen LogP contribution >= 0.6 is 0 Å². The molecule has 0 radical (unpaired) electrons. The van der Waals surface area contributed by atoms with Crippen molar-refractivity contribution in [3.63, 3.8) is 0 Å². The highest BCUT2D eigenvalue weighted by Gasteiger charge is 2.22. The molecule has 0 bridgehead atoms. The Hall–Kier alpha value is -3.31. The predicted octanol–water partition coefficient (Wildman–Crippen LogP) is 1.28. The Morgan fingerprint density at radius 3 is 2.52 bits per heavy atom. The van der Waals surface area contributed by atoms with Gasteiger partial charge in [-0.1, -0.05) is 12.1 Å². The molecule has 142 valence electrons. The molecule has 27 heavy (non-hydrogen) atoms. The first-order valence-corrected chi connectivity index (χ1v) is 9.17. The summed E-state index contributed by atoms with van der Waals surface area (Å²) < 4.78 is 31.5. The third-order valence-electron chi connectivity index (χ3n) is 3.69. The van der Waals surface area contributed by atoms with Crippen molar-refractivity contribution < 1.29 is 23.4 Å². The number of nitrogens with two attached hydrogens (primary N) is 1. The number of nitrogens with one attached hydrogen (secondary N) is 1. The zero-order valence-electron chi connectivity index (χ0n) is 14.4. The summed E-state index contributed by atoms with van der Waals surface area (Å²) in [6.45, 7) is 1.86. The topological polar surface area (TPSA) is 153 Å². The summed E-state index contributed by atoms with van der Waals surface area (Å²) in [6.07, 6.45) is 0. The van der Waals surface area contributed by atoms with Gasteiger partial charge in [-0.25, -0.2) is 9.86 Å². The molecule has 1 aromatic heterocycles. The average Bonchev–Trinajstić information content (AvgIpc) is 2.96. The zero-order chi connectivity index (χ0) is 19.8. The highest BCUT2D eigenvalue weighted by atomic mass is 32.2. The van der Waals surface area contributed by atoms with Crippen LogP contribution in [0.15, 0.2) is 36.4 Å². The van der Waals surface area contributed by atoms with Crippen molar-refractivity contribution in [2.24, 2.45) is 5.14 Å². The van der Waals surface area contributed by atoms with Crippen molar-refractivity contribution in [2.45, 2.75) is 6.92 Å². The maximum atomic E-state index is 11.5. The fourth-order valence-corrected chi connectivity index (χ4v) is 2.95. The summed E-state index contributed by atoms with van der Waals surface area (Å²) in [7, 11) is -2.76. The van der Waals surface area contributed by atoms with Crippen LogP contribution in [0.2, 0.25) is 0 Å². The second-order valence-corrected chi connectivity index (χ2v) is 7.00. The smallest absolute Gasteiger partial charge is 0.298 e. The highest BCUT2D eigenvalue weighted by Crippen LogP contribution is 2.39. The van der Waals surface area contributed by atoms with Gasteiger partial charge in [-0.15, -0.1) is 10.2 Å². The van der Waals surface area contributed by atoms with Gasteiger partial charge in [-0.2, -0.15) is 8.42 Å². The number of aromatic hydroxyl groups is 2. The highest BCUT2D eigenvalue weighted by molar-refractivity contribution is 7.90. The summed E-state index contributed by atoms with van der Waals surface area (Å²) in [5, 5.41) is 33.0. The Labute approximate surface area is 155 Å². The summed E-state index contributed by atoms with van der Waals surface area (Å²) in [6, 6.07) is 9.57. The molecule has 5 N–H and O–H groups in total. The molecule has 0 aliphatic carbocycles. The Balaban J connectivity index is 2.29. The van der Waals surface area contributed by atoms with Crippen LogP contribution in [-0.2, 0) is 10.2 Å². The molecule has 3 rings (SSSR count). The minimum atomic E-state index is -4.12. The number of phenolic OH excluding ortho intramolecular Hbond substituents is 2. The average molecular weight is 391 g/mol. The molecule has 0 atom stereocenters. The number of aryl methyl sites for hydroxylation is 1. The normalized spacial score (nSPS) is 11.4. The lowest BCUT2D eigenvalue weighted by atomic mass is 10.1. The van der Waals surface area contributed by atoms with Gasteiger partial charge in [0, 0.05) is 6.07 Å². The summed E-state index contributed by atoms with van der Waals surface area (Å²) in [5.74, 6) is -0.505. The lowest BCUT2D eigenvalue weighted by Crippen LogP contribution is -2.23. The van der Waals surface area contributed by atoms with Crippen molar-refractivity contribution in [2.75, 3.05) is 11.8 Å². The van der Waals surface area contributed by atoms with Crippen LogP contribution in [0.25, 0.3) is 17.1 Å². The van der Waals surface area contributed by atoms with E-state index in [0.29, 0.717) is 5.69 Å². The van der Waals surface area contributed by atoms with Gasteiger partial charge >= 0.3 is 0 Å². The third kappa shape index (κ3) is 3.78. The van der Waals surface area contributed by atoms with Gasteiger partial charge in [0.15, 0.2) is 17.3 Å². The van der Waals surface area contributed by atoms with Crippen LogP contribution in [0, 0.1) is 6.92 Å². The van der Waals surface area contributed by atoms with Crippen LogP contribution in [-0.4, -0.2) is 40.5 Å². The van der Waals surface area contributed by atoms with Crippen molar-refractivity contribution >= 4 is 16.2 Å². The molecule has 0 aliphatic rings. The molecule has 10 nitrogen and oxygen atoms in total. The molecule has 0 saturated heterocycles. The number of benzene rings is 2. The van der Waals surface area contributed by atoms with Gasteiger partial charge in [0.25, 0.3) is 10.2 Å². The molecule has 0 unspecified atom stereocenters. The number of aromatic nitrogens is 3. The van der Waals surface area contributed by atoms with Crippen molar-refractivity contribution in [1.29, 1.82) is 0 Å². The minimum Gasteiger partial charge on any atom is -0.507 e. The number of rotatable bonds is 5. The number of nitrogens with zero attached hydrogens (tertiary/aromatic N) is 3. The molecule has 0 amide bonds. The second kappa shape index (κ2) is 6.78. The van der Waals surface area contributed by atoms with Crippen LogP contribution < -0.4 is 14.6 Å². The molecule has 11 heteroatoms. The molecule has 2 aromatic carbocycles. The lowest BCUT2D eigenvalue weighted by Gasteiger charge is -2.13. The van der Waals surface area contributed by atoms with E-state index in [1.54, 1.807) is 18.2 Å². The molecular weight excluding hydrogens is 374 g/mol. The van der Waals surface area contributed by atoms with E-state index in [1.807, 2.05) is 13.0 Å². The molecule has 0 saturated carbocycles. The van der Waals surface area contributed by atoms with E-state index in [9.17, 15) is 18.6 Å². The minimum absolute atomic E-state index is 0.0996. The SMILES string of the molecule is COc1cc(-c2nnc(NS(N)(=O)=O)n2-c2cccc(C)c2)c(O)cc1O. The Morgan fingerprint density at radius 2 is 1.89 bits per heavy atom. The van der Waals surface area contributed by atoms with Gasteiger partial charge in [0.1, 0.15) is 5.75 Å². The van der Waals surface area contributed by atoms with Gasteiger partial charge in [-0.3, -0.25) is 4.57 Å². The fourth-order valence-electron chi connectivity index (χ4n) is 2.56. The monoisotopic (exact) mass is 391 g/mol. The van der Waals surface area contributed by atoms with Crippen LogP contribution in [0.5, 0.6) is 17.2 Å². The van der Waals surface area contributed by atoms with Crippen molar-refractivity contribution in [3.05, 3.63) is 42.0 Å². The van der Waals surface area contributed by atoms with Gasteiger partial charge in [0.05, 0.1) is 18.4 Å². The van der Waals surface area contributed by atoms with Gasteiger partial charge in [0.2, 0.25) is 5.95 Å². The number of anilines is 1. The van der Waals surface area contributed by atoms with E-state index >= 15 is 0 Å². The Bertz CT molecular complexity index is 1110. The largest absolute Gasteiger partial charge is 0.507 e. The molecule has 0 fully saturated rings. The van der Waals surface area contributed by atoms with Crippen molar-refractivity contribution in [1.82, 2.24) is 14.8 Å². The number of hydrogen-bond acceptors (Lipinski definition) is 7. The van der Waals surface area contributed by atoms with Crippen LogP contribution in [0.4, 0.5) is 5.95 Å². The quantitative estimate of drug-likeness (QED) is 0.511. The molecule has 1 heterocycles.